The Labute approximate surface area is 227 Å². The number of nitrogens with zero attached hydrogens (tertiary/aromatic N) is 2. The van der Waals surface area contributed by atoms with Gasteiger partial charge >= 0.3 is 0 Å². The van der Waals surface area contributed by atoms with Crippen LogP contribution >= 0.6 is 11.6 Å². The number of H-pyrrole nitrogens is 1. The van der Waals surface area contributed by atoms with Crippen molar-refractivity contribution in [2.75, 3.05) is 31.6 Å². The molecule has 1 aromatic heterocycles. The number of aliphatic hydroxyl groups excluding tert-OH is 1. The topological polar surface area (TPSA) is 97.9 Å². The lowest BCUT2D eigenvalue weighted by Gasteiger charge is -2.25. The largest absolute Gasteiger partial charge is 0.492 e. The van der Waals surface area contributed by atoms with Gasteiger partial charge in [-0.2, -0.15) is 0 Å². The summed E-state index contributed by atoms with van der Waals surface area (Å²) >= 11 is 6.58. The molecule has 3 aromatic rings. The highest BCUT2D eigenvalue weighted by atomic mass is 35.5. The maximum Gasteiger partial charge on any atom is 0.260 e. The Hall–Kier alpha value is -2.91. The molecule has 2 saturated heterocycles. The monoisotopic (exact) mass is 538 g/mol. The van der Waals surface area contributed by atoms with Gasteiger partial charge in [0.1, 0.15) is 5.75 Å². The highest BCUT2D eigenvalue weighted by Gasteiger charge is 2.36. The van der Waals surface area contributed by atoms with Gasteiger partial charge in [-0.05, 0) is 70.8 Å². The zero-order valence-electron chi connectivity index (χ0n) is 22.1. The Balaban J connectivity index is 1.59. The molecule has 3 heterocycles. The second-order valence-electron chi connectivity index (χ2n) is 10.5. The number of amides is 1. The van der Waals surface area contributed by atoms with Crippen molar-refractivity contribution in [1.82, 2.24) is 15.2 Å². The molecule has 2 aromatic carbocycles. The summed E-state index contributed by atoms with van der Waals surface area (Å²) in [5.41, 5.74) is 3.90. The quantitative estimate of drug-likeness (QED) is 0.388. The average molecular weight is 539 g/mol. The molecule has 0 spiro atoms. The first-order chi connectivity index (χ1) is 18.2. The maximum absolute atomic E-state index is 13.5. The van der Waals surface area contributed by atoms with Gasteiger partial charge in [-0.15, -0.1) is 0 Å². The molecule has 202 valence electrons. The van der Waals surface area contributed by atoms with Crippen molar-refractivity contribution in [1.29, 1.82) is 0 Å². The smallest absolute Gasteiger partial charge is 0.260 e. The summed E-state index contributed by atoms with van der Waals surface area (Å²) in [4.78, 5) is 32.0. The molecule has 0 aliphatic carbocycles. The number of aliphatic hydroxyl groups is 1. The number of nitrogens with one attached hydrogen (secondary N) is 2. The molecular formula is C29H35ClN4O4. The number of carbonyl (C=O) groups is 1. The van der Waals surface area contributed by atoms with Crippen LogP contribution in [0.15, 0.2) is 35.1 Å². The van der Waals surface area contributed by atoms with Gasteiger partial charge in [0.05, 0.1) is 34.9 Å². The van der Waals surface area contributed by atoms with E-state index in [9.17, 15) is 14.7 Å². The second kappa shape index (κ2) is 11.1. The molecule has 2 aliphatic rings. The van der Waals surface area contributed by atoms with E-state index in [4.69, 9.17) is 16.3 Å². The molecule has 2 unspecified atom stereocenters. The molecule has 9 heteroatoms. The van der Waals surface area contributed by atoms with Crippen molar-refractivity contribution in [3.63, 3.8) is 0 Å². The van der Waals surface area contributed by atoms with Gasteiger partial charge in [-0.3, -0.25) is 19.4 Å². The summed E-state index contributed by atoms with van der Waals surface area (Å²) in [5.74, 6) is 0.195. The molecule has 2 aliphatic heterocycles. The van der Waals surface area contributed by atoms with Crippen LogP contribution in [0.25, 0.3) is 22.0 Å². The number of likely N-dealkylation sites (N-methyl/N-ethyl adjacent to an activating group) is 1. The molecule has 5 rings (SSSR count). The number of halogens is 1. The number of benzene rings is 2. The molecule has 0 saturated carbocycles. The third-order valence-electron chi connectivity index (χ3n) is 7.44. The lowest BCUT2D eigenvalue weighted by Crippen LogP contribution is -2.38. The van der Waals surface area contributed by atoms with Crippen molar-refractivity contribution in [3.05, 3.63) is 56.8 Å². The van der Waals surface area contributed by atoms with Crippen LogP contribution < -0.4 is 20.5 Å². The predicted octanol–water partition coefficient (Wildman–Crippen LogP) is 4.32. The maximum atomic E-state index is 13.5. The summed E-state index contributed by atoms with van der Waals surface area (Å²) in [6.07, 6.45) is 4.34. The molecule has 2 atom stereocenters. The van der Waals surface area contributed by atoms with Gasteiger partial charge in [-0.1, -0.05) is 47.3 Å². The van der Waals surface area contributed by atoms with Gasteiger partial charge in [0, 0.05) is 11.4 Å². The number of pyridine rings is 1. The number of ether oxygens (including phenoxy) is 1. The Morgan fingerprint density at radius 3 is 2.53 bits per heavy atom. The lowest BCUT2D eigenvalue weighted by atomic mass is 9.99. The number of rotatable bonds is 7. The lowest BCUT2D eigenvalue weighted by molar-refractivity contribution is -0.116. The number of anilines is 1. The first-order valence-corrected chi connectivity index (χ1v) is 13.7. The van der Waals surface area contributed by atoms with E-state index in [0.29, 0.717) is 40.6 Å². The zero-order valence-corrected chi connectivity index (χ0v) is 22.9. The van der Waals surface area contributed by atoms with Crippen molar-refractivity contribution in [2.24, 2.45) is 0 Å². The summed E-state index contributed by atoms with van der Waals surface area (Å²) in [6.45, 7) is 5.57. The normalized spacial score (nSPS) is 20.4. The number of hydrogen-bond donors (Lipinski definition) is 3. The van der Waals surface area contributed by atoms with Crippen LogP contribution in [-0.4, -0.2) is 60.0 Å². The van der Waals surface area contributed by atoms with E-state index in [0.717, 1.165) is 36.1 Å². The van der Waals surface area contributed by atoms with Crippen molar-refractivity contribution >= 4 is 34.1 Å². The fraction of sp³-hybridized carbons (Fsp3) is 0.448. The number of aromatic amines is 1. The highest BCUT2D eigenvalue weighted by molar-refractivity contribution is 6.35. The number of hydrogen-bond acceptors (Lipinski definition) is 6. The van der Waals surface area contributed by atoms with Crippen LogP contribution in [0.4, 0.5) is 5.69 Å². The van der Waals surface area contributed by atoms with Gasteiger partial charge in [0.2, 0.25) is 5.91 Å². The fourth-order valence-electron chi connectivity index (χ4n) is 5.62. The van der Waals surface area contributed by atoms with E-state index >= 15 is 0 Å². The van der Waals surface area contributed by atoms with Crippen molar-refractivity contribution in [2.45, 2.75) is 58.3 Å². The van der Waals surface area contributed by atoms with Gasteiger partial charge in [-0.25, -0.2) is 0 Å². The second-order valence-corrected chi connectivity index (χ2v) is 11.0. The van der Waals surface area contributed by atoms with Crippen molar-refractivity contribution < 1.29 is 14.6 Å². The molecule has 8 nitrogen and oxygen atoms in total. The SMILES string of the molecule is Cc1cc(C)cc(-c2c(OCCCC3CCCCN3)c3cc(N4C(=O)CN(C)C4O)c(Cl)cc3[nH]c2=O)c1. The predicted molar refractivity (Wildman–Crippen MR) is 151 cm³/mol. The van der Waals surface area contributed by atoms with E-state index in [-0.39, 0.29) is 23.0 Å². The Morgan fingerprint density at radius 1 is 1.11 bits per heavy atom. The summed E-state index contributed by atoms with van der Waals surface area (Å²) in [6, 6.07) is 9.86. The molecule has 0 bridgehead atoms. The van der Waals surface area contributed by atoms with Crippen LogP contribution in [-0.2, 0) is 4.79 Å². The Bertz CT molecular complexity index is 1400. The van der Waals surface area contributed by atoms with E-state index in [1.165, 1.54) is 29.1 Å². The summed E-state index contributed by atoms with van der Waals surface area (Å²) < 4.78 is 6.42. The minimum absolute atomic E-state index is 0.0769. The van der Waals surface area contributed by atoms with E-state index < -0.39 is 6.35 Å². The fourth-order valence-corrected chi connectivity index (χ4v) is 5.88. The van der Waals surface area contributed by atoms with E-state index in [1.807, 2.05) is 26.0 Å². The molecule has 2 fully saturated rings. The van der Waals surface area contributed by atoms with Crippen LogP contribution in [0.5, 0.6) is 5.75 Å². The van der Waals surface area contributed by atoms with Gasteiger partial charge in [0.15, 0.2) is 6.35 Å². The highest BCUT2D eigenvalue weighted by Crippen LogP contribution is 2.40. The Kier molecular flexibility index (Phi) is 7.77. The summed E-state index contributed by atoms with van der Waals surface area (Å²) in [7, 11) is 1.67. The number of carbonyl (C=O) groups excluding carboxylic acids is 1. The van der Waals surface area contributed by atoms with Crippen LogP contribution in [0.3, 0.4) is 0 Å². The van der Waals surface area contributed by atoms with Crippen LogP contribution in [0, 0.1) is 13.8 Å². The first kappa shape index (κ1) is 26.7. The molecule has 0 radical (unpaired) electrons. The molecule has 3 N–H and O–H groups in total. The van der Waals surface area contributed by atoms with Gasteiger partial charge < -0.3 is 20.1 Å². The number of piperidine rings is 1. The van der Waals surface area contributed by atoms with Gasteiger partial charge in [0.25, 0.3) is 5.56 Å². The summed E-state index contributed by atoms with van der Waals surface area (Å²) in [5, 5.41) is 15.1. The van der Waals surface area contributed by atoms with Crippen LogP contribution in [0.1, 0.15) is 43.2 Å². The molecular weight excluding hydrogens is 504 g/mol. The number of aromatic nitrogens is 1. The third-order valence-corrected chi connectivity index (χ3v) is 7.74. The average Bonchev–Trinajstić information content (AvgIpc) is 3.12. The van der Waals surface area contributed by atoms with E-state index in [2.05, 4.69) is 16.4 Å². The number of fused-ring (bicyclic) bond motifs is 1. The zero-order chi connectivity index (χ0) is 27.0. The minimum Gasteiger partial charge on any atom is -0.492 e. The Morgan fingerprint density at radius 2 is 1.87 bits per heavy atom. The third kappa shape index (κ3) is 5.31. The molecule has 38 heavy (non-hydrogen) atoms. The molecule has 1 amide bonds. The first-order valence-electron chi connectivity index (χ1n) is 13.3. The van der Waals surface area contributed by atoms with E-state index in [1.54, 1.807) is 19.2 Å². The van der Waals surface area contributed by atoms with Crippen LogP contribution in [0.2, 0.25) is 5.02 Å². The van der Waals surface area contributed by atoms with Crippen molar-refractivity contribution in [3.8, 4) is 16.9 Å². The minimum atomic E-state index is -1.13. The standard InChI is InChI=1S/C29H35ClN4O4/c1-17-11-18(2)13-19(12-17)26-27(38-10-6-8-20-7-4-5-9-31-20)21-14-24(22(30)15-23(21)32-28(26)36)34-25(35)16-33(3)29(34)37/h11-15,20,29,31,37H,4-10,16H2,1-3H3,(H,32,36). The number of aryl methyl sites for hydroxylation is 2.